The number of fused-ring (bicyclic) bond motifs is 1. The molecule has 0 saturated carbocycles. The molecule has 0 fully saturated rings. The Bertz CT molecular complexity index is 582. The standard InChI is InChI=1S/C9H12N8O2/c1-17(16-19)9(18)11-3-2-10-7-6-8(13-4-12-6)15-5-14-7/h4-5H,2-3H2,1H3,(H,11,18)(H2,10,12,13,14,15). The molecule has 0 radical (unpaired) electrons. The quantitative estimate of drug-likeness (QED) is 0.398. The lowest BCUT2D eigenvalue weighted by Crippen LogP contribution is -2.36. The maximum absolute atomic E-state index is 11.2. The number of carbonyl (C=O) groups is 1. The SMILES string of the molecule is CN(N=O)C(=O)NCCNc1ncnc2nc[nH]c12. The molecule has 0 unspecified atom stereocenters. The van der Waals surface area contributed by atoms with E-state index in [0.717, 1.165) is 0 Å². The molecule has 2 aromatic heterocycles. The molecule has 0 bridgehead atoms. The number of nitrogens with zero attached hydrogens (tertiary/aromatic N) is 5. The third-order valence-electron chi connectivity index (χ3n) is 2.33. The van der Waals surface area contributed by atoms with Crippen molar-refractivity contribution in [3.63, 3.8) is 0 Å². The number of anilines is 1. The number of amides is 2. The molecule has 2 amide bonds. The van der Waals surface area contributed by atoms with Crippen LogP contribution in [0, 0.1) is 4.91 Å². The Balaban J connectivity index is 1.85. The topological polar surface area (TPSA) is 128 Å². The van der Waals surface area contributed by atoms with Crippen molar-refractivity contribution in [3.8, 4) is 0 Å². The number of urea groups is 1. The van der Waals surface area contributed by atoms with Gasteiger partial charge in [0, 0.05) is 20.1 Å². The lowest BCUT2D eigenvalue weighted by molar-refractivity contribution is 0.210. The predicted molar refractivity (Wildman–Crippen MR) is 67.1 cm³/mol. The normalized spacial score (nSPS) is 10.2. The Labute approximate surface area is 107 Å². The summed E-state index contributed by atoms with van der Waals surface area (Å²) in [5.41, 5.74) is 1.26. The van der Waals surface area contributed by atoms with Crippen molar-refractivity contribution >= 4 is 23.0 Å². The summed E-state index contributed by atoms with van der Waals surface area (Å²) in [6, 6.07) is -0.564. The number of hydrogen-bond donors (Lipinski definition) is 3. The largest absolute Gasteiger partial charge is 0.366 e. The zero-order chi connectivity index (χ0) is 13.7. The number of rotatable bonds is 5. The van der Waals surface area contributed by atoms with Crippen LogP contribution in [0.15, 0.2) is 17.9 Å². The van der Waals surface area contributed by atoms with Crippen molar-refractivity contribution in [2.24, 2.45) is 5.29 Å². The number of H-pyrrole nitrogens is 1. The Kier molecular flexibility index (Phi) is 3.81. The van der Waals surface area contributed by atoms with Gasteiger partial charge >= 0.3 is 6.03 Å². The molecule has 2 heterocycles. The molecule has 0 atom stereocenters. The number of aromatic amines is 1. The van der Waals surface area contributed by atoms with E-state index in [2.05, 4.69) is 35.9 Å². The number of carbonyl (C=O) groups excluding carboxylic acids is 1. The summed E-state index contributed by atoms with van der Waals surface area (Å²) in [6.07, 6.45) is 2.92. The van der Waals surface area contributed by atoms with Gasteiger partial charge in [-0.25, -0.2) is 19.7 Å². The van der Waals surface area contributed by atoms with Crippen molar-refractivity contribution in [1.29, 1.82) is 0 Å². The zero-order valence-corrected chi connectivity index (χ0v) is 10.1. The van der Waals surface area contributed by atoms with E-state index in [1.165, 1.54) is 19.7 Å². The van der Waals surface area contributed by atoms with Crippen LogP contribution in [0.4, 0.5) is 10.6 Å². The van der Waals surface area contributed by atoms with Crippen molar-refractivity contribution in [1.82, 2.24) is 30.3 Å². The highest BCUT2D eigenvalue weighted by Crippen LogP contribution is 2.13. The number of aromatic nitrogens is 4. The van der Waals surface area contributed by atoms with Crippen LogP contribution in [0.1, 0.15) is 0 Å². The van der Waals surface area contributed by atoms with E-state index >= 15 is 0 Å². The van der Waals surface area contributed by atoms with Crippen molar-refractivity contribution in [2.45, 2.75) is 0 Å². The van der Waals surface area contributed by atoms with Crippen molar-refractivity contribution in [3.05, 3.63) is 17.6 Å². The predicted octanol–water partition coefficient (Wildman–Crippen LogP) is 0.0876. The van der Waals surface area contributed by atoms with Crippen LogP contribution >= 0.6 is 0 Å². The van der Waals surface area contributed by atoms with Gasteiger partial charge in [-0.3, -0.25) is 0 Å². The molecule has 0 aliphatic carbocycles. The second-order valence-electron chi connectivity index (χ2n) is 3.59. The van der Waals surface area contributed by atoms with Gasteiger partial charge in [0.1, 0.15) is 11.8 Å². The molecular weight excluding hydrogens is 252 g/mol. The summed E-state index contributed by atoms with van der Waals surface area (Å²) in [6.45, 7) is 0.752. The number of nitroso groups, excluding NO2 is 1. The average molecular weight is 264 g/mol. The Hall–Kier alpha value is -2.78. The van der Waals surface area contributed by atoms with E-state index in [0.29, 0.717) is 35.1 Å². The van der Waals surface area contributed by atoms with Crippen LogP contribution in [0.5, 0.6) is 0 Å². The number of hydrogen-bond acceptors (Lipinski definition) is 7. The minimum atomic E-state index is -0.564. The smallest absolute Gasteiger partial charge is 0.340 e. The highest BCUT2D eigenvalue weighted by atomic mass is 16.3. The third kappa shape index (κ3) is 2.91. The second kappa shape index (κ2) is 5.71. The van der Waals surface area contributed by atoms with E-state index in [-0.39, 0.29) is 0 Å². The summed E-state index contributed by atoms with van der Waals surface area (Å²) in [5, 5.41) is 8.68. The first-order valence-corrected chi connectivity index (χ1v) is 5.45. The lowest BCUT2D eigenvalue weighted by atomic mass is 10.5. The van der Waals surface area contributed by atoms with Crippen molar-refractivity contribution < 1.29 is 4.79 Å². The van der Waals surface area contributed by atoms with Gasteiger partial charge in [0.2, 0.25) is 0 Å². The summed E-state index contributed by atoms with van der Waals surface area (Å²) >= 11 is 0. The van der Waals surface area contributed by atoms with Crippen LogP contribution < -0.4 is 10.6 Å². The first-order chi connectivity index (χ1) is 9.22. The maximum atomic E-state index is 11.2. The third-order valence-corrected chi connectivity index (χ3v) is 2.33. The molecule has 2 rings (SSSR count). The van der Waals surface area contributed by atoms with Gasteiger partial charge in [0.25, 0.3) is 0 Å². The summed E-state index contributed by atoms with van der Waals surface area (Å²) < 4.78 is 0. The maximum Gasteiger partial charge on any atom is 0.340 e. The second-order valence-corrected chi connectivity index (χ2v) is 3.59. The van der Waals surface area contributed by atoms with Gasteiger partial charge in [0.05, 0.1) is 11.6 Å². The van der Waals surface area contributed by atoms with E-state index < -0.39 is 6.03 Å². The minimum Gasteiger partial charge on any atom is -0.366 e. The molecule has 0 spiro atoms. The lowest BCUT2D eigenvalue weighted by Gasteiger charge is -2.10. The van der Waals surface area contributed by atoms with Gasteiger partial charge in [0.15, 0.2) is 11.5 Å². The Morgan fingerprint density at radius 2 is 2.26 bits per heavy atom. The van der Waals surface area contributed by atoms with Crippen LogP contribution in [0.25, 0.3) is 11.2 Å². The summed E-state index contributed by atoms with van der Waals surface area (Å²) in [4.78, 5) is 36.2. The van der Waals surface area contributed by atoms with Crippen LogP contribution in [0.3, 0.4) is 0 Å². The van der Waals surface area contributed by atoms with E-state index in [9.17, 15) is 9.70 Å². The summed E-state index contributed by atoms with van der Waals surface area (Å²) in [7, 11) is 1.27. The molecular formula is C9H12N8O2. The van der Waals surface area contributed by atoms with Gasteiger partial charge in [-0.2, -0.15) is 5.01 Å². The fourth-order valence-electron chi connectivity index (χ4n) is 1.40. The monoisotopic (exact) mass is 264 g/mol. The molecule has 19 heavy (non-hydrogen) atoms. The highest BCUT2D eigenvalue weighted by Gasteiger charge is 2.07. The molecule has 0 aliphatic rings. The number of imidazole rings is 1. The van der Waals surface area contributed by atoms with Crippen LogP contribution in [0.2, 0.25) is 0 Å². The number of nitrogens with one attached hydrogen (secondary N) is 3. The van der Waals surface area contributed by atoms with Gasteiger partial charge in [-0.05, 0) is 0 Å². The molecule has 0 aliphatic heterocycles. The Morgan fingerprint density at radius 1 is 1.42 bits per heavy atom. The molecule has 0 saturated heterocycles. The Morgan fingerprint density at radius 3 is 3.05 bits per heavy atom. The fourth-order valence-corrected chi connectivity index (χ4v) is 1.40. The fraction of sp³-hybridized carbons (Fsp3) is 0.333. The van der Waals surface area contributed by atoms with E-state index in [1.807, 2.05) is 0 Å². The van der Waals surface area contributed by atoms with Crippen molar-refractivity contribution in [2.75, 3.05) is 25.5 Å². The van der Waals surface area contributed by atoms with Crippen LogP contribution in [-0.2, 0) is 0 Å². The molecule has 0 aromatic carbocycles. The van der Waals surface area contributed by atoms with Gasteiger partial charge < -0.3 is 15.6 Å². The highest BCUT2D eigenvalue weighted by molar-refractivity contribution is 5.81. The molecule has 3 N–H and O–H groups in total. The minimum absolute atomic E-state index is 0.318. The molecule has 2 aromatic rings. The van der Waals surface area contributed by atoms with E-state index in [4.69, 9.17) is 0 Å². The first kappa shape index (κ1) is 12.7. The van der Waals surface area contributed by atoms with E-state index in [1.54, 1.807) is 0 Å². The van der Waals surface area contributed by atoms with Crippen LogP contribution in [-0.4, -0.2) is 51.1 Å². The molecule has 10 heteroatoms. The molecule has 100 valence electrons. The van der Waals surface area contributed by atoms with Gasteiger partial charge in [-0.15, -0.1) is 4.91 Å². The zero-order valence-electron chi connectivity index (χ0n) is 10.1. The summed E-state index contributed by atoms with van der Waals surface area (Å²) in [5.74, 6) is 0.596. The first-order valence-electron chi connectivity index (χ1n) is 5.45. The average Bonchev–Trinajstić information content (AvgIpc) is 2.91. The van der Waals surface area contributed by atoms with Gasteiger partial charge in [-0.1, -0.05) is 0 Å². The molecule has 10 nitrogen and oxygen atoms in total.